The summed E-state index contributed by atoms with van der Waals surface area (Å²) in [6.07, 6.45) is 1.06. The monoisotopic (exact) mass is 337 g/mol. The molecule has 106 valence electrons. The normalized spacial score (nSPS) is 10.6. The average Bonchev–Trinajstić information content (AvgIpc) is 2.44. The summed E-state index contributed by atoms with van der Waals surface area (Å²) in [4.78, 5) is 0. The van der Waals surface area contributed by atoms with E-state index < -0.39 is 0 Å². The number of nitrogens with one attached hydrogen (secondary N) is 1. The Morgan fingerprint density at radius 2 is 1.90 bits per heavy atom. The van der Waals surface area contributed by atoms with Crippen molar-refractivity contribution < 1.29 is 9.13 Å². The Hall–Kier alpha value is -1.39. The summed E-state index contributed by atoms with van der Waals surface area (Å²) in [5, 5.41) is 3.24. The highest BCUT2D eigenvalue weighted by Crippen LogP contribution is 2.26. The third kappa shape index (κ3) is 4.32. The fourth-order valence-corrected chi connectivity index (χ4v) is 2.04. The van der Waals surface area contributed by atoms with Crippen LogP contribution < -0.4 is 10.1 Å². The number of ether oxygens (including phenoxy) is 1. The lowest BCUT2D eigenvalue weighted by molar-refractivity contribution is 0.441. The van der Waals surface area contributed by atoms with Crippen molar-refractivity contribution in [2.75, 3.05) is 6.54 Å². The molecule has 0 radical (unpaired) electrons. The Morgan fingerprint density at radius 1 is 1.15 bits per heavy atom. The van der Waals surface area contributed by atoms with Gasteiger partial charge in [-0.05, 0) is 54.9 Å². The van der Waals surface area contributed by atoms with Gasteiger partial charge in [0, 0.05) is 11.0 Å². The van der Waals surface area contributed by atoms with Crippen LogP contribution in [0.25, 0.3) is 0 Å². The van der Waals surface area contributed by atoms with Crippen LogP contribution in [0.3, 0.4) is 0 Å². The second-order valence-electron chi connectivity index (χ2n) is 4.50. The lowest BCUT2D eigenvalue weighted by Gasteiger charge is -2.09. The summed E-state index contributed by atoms with van der Waals surface area (Å²) in [6.45, 7) is 3.70. The molecule has 2 aromatic carbocycles. The fraction of sp³-hybridized carbons (Fsp3) is 0.250. The molecule has 0 heterocycles. The zero-order valence-electron chi connectivity index (χ0n) is 11.3. The second kappa shape index (κ2) is 7.41. The van der Waals surface area contributed by atoms with Crippen LogP contribution in [0.2, 0.25) is 0 Å². The molecule has 2 rings (SSSR count). The zero-order valence-corrected chi connectivity index (χ0v) is 12.9. The molecular formula is C16H17BrFNO. The van der Waals surface area contributed by atoms with Crippen molar-refractivity contribution in [2.45, 2.75) is 19.9 Å². The topological polar surface area (TPSA) is 21.3 Å². The SMILES string of the molecule is CCCNCc1ccc(Oc2ccc(Br)cc2)c(F)c1. The van der Waals surface area contributed by atoms with E-state index in [1.54, 1.807) is 18.2 Å². The lowest BCUT2D eigenvalue weighted by Crippen LogP contribution is -2.13. The van der Waals surface area contributed by atoms with Crippen molar-refractivity contribution in [3.05, 3.63) is 58.3 Å². The minimum Gasteiger partial charge on any atom is -0.454 e. The number of hydrogen-bond acceptors (Lipinski definition) is 2. The third-order valence-electron chi connectivity index (χ3n) is 2.79. The van der Waals surface area contributed by atoms with Gasteiger partial charge in [0.1, 0.15) is 5.75 Å². The summed E-state index contributed by atoms with van der Waals surface area (Å²) in [5.74, 6) is 0.513. The van der Waals surface area contributed by atoms with Crippen molar-refractivity contribution in [2.24, 2.45) is 0 Å². The molecule has 4 heteroatoms. The van der Waals surface area contributed by atoms with Gasteiger partial charge in [-0.3, -0.25) is 0 Å². The van der Waals surface area contributed by atoms with Gasteiger partial charge in [-0.2, -0.15) is 0 Å². The van der Waals surface area contributed by atoms with Crippen LogP contribution in [0.15, 0.2) is 46.9 Å². The van der Waals surface area contributed by atoms with E-state index in [1.807, 2.05) is 18.2 Å². The highest BCUT2D eigenvalue weighted by molar-refractivity contribution is 9.10. The van der Waals surface area contributed by atoms with Gasteiger partial charge in [0.15, 0.2) is 11.6 Å². The van der Waals surface area contributed by atoms with Crippen molar-refractivity contribution in [3.8, 4) is 11.5 Å². The van der Waals surface area contributed by atoms with Gasteiger partial charge in [-0.1, -0.05) is 28.9 Å². The molecule has 0 unspecified atom stereocenters. The maximum Gasteiger partial charge on any atom is 0.166 e. The summed E-state index contributed by atoms with van der Waals surface area (Å²) < 4.78 is 20.5. The van der Waals surface area contributed by atoms with Gasteiger partial charge in [0.2, 0.25) is 0 Å². The Bertz CT molecular complexity index is 557. The predicted molar refractivity (Wildman–Crippen MR) is 82.6 cm³/mol. The van der Waals surface area contributed by atoms with Crippen LogP contribution in [0, 0.1) is 5.82 Å². The minimum atomic E-state index is -0.344. The van der Waals surface area contributed by atoms with Crippen LogP contribution >= 0.6 is 15.9 Å². The molecule has 0 aliphatic carbocycles. The quantitative estimate of drug-likeness (QED) is 0.758. The molecule has 0 fully saturated rings. The van der Waals surface area contributed by atoms with Crippen LogP contribution in [0.1, 0.15) is 18.9 Å². The Morgan fingerprint density at radius 3 is 2.55 bits per heavy atom. The van der Waals surface area contributed by atoms with E-state index in [-0.39, 0.29) is 11.6 Å². The highest BCUT2D eigenvalue weighted by Gasteiger charge is 2.06. The number of halogens is 2. The molecule has 0 amide bonds. The molecule has 0 aliphatic rings. The molecule has 0 bridgehead atoms. The predicted octanol–water partition coefficient (Wildman–Crippen LogP) is 4.88. The van der Waals surface area contributed by atoms with E-state index in [9.17, 15) is 4.39 Å². The van der Waals surface area contributed by atoms with Crippen molar-refractivity contribution in [3.63, 3.8) is 0 Å². The molecule has 20 heavy (non-hydrogen) atoms. The zero-order chi connectivity index (χ0) is 14.4. The van der Waals surface area contributed by atoms with Crippen LogP contribution in [0.4, 0.5) is 4.39 Å². The van der Waals surface area contributed by atoms with Crippen LogP contribution in [0.5, 0.6) is 11.5 Å². The first-order chi connectivity index (χ1) is 9.69. The number of hydrogen-bond donors (Lipinski definition) is 1. The number of rotatable bonds is 6. The largest absolute Gasteiger partial charge is 0.454 e. The maximum atomic E-state index is 14.0. The molecule has 2 nitrogen and oxygen atoms in total. The van der Waals surface area contributed by atoms with E-state index in [4.69, 9.17) is 4.74 Å². The van der Waals surface area contributed by atoms with Crippen molar-refractivity contribution >= 4 is 15.9 Å². The second-order valence-corrected chi connectivity index (χ2v) is 5.41. The van der Waals surface area contributed by atoms with Crippen molar-refractivity contribution in [1.29, 1.82) is 0 Å². The van der Waals surface area contributed by atoms with Crippen molar-refractivity contribution in [1.82, 2.24) is 5.32 Å². The van der Waals surface area contributed by atoms with Gasteiger partial charge in [0.25, 0.3) is 0 Å². The molecule has 0 saturated heterocycles. The molecule has 0 saturated carbocycles. The maximum absolute atomic E-state index is 14.0. The molecule has 0 spiro atoms. The molecular weight excluding hydrogens is 321 g/mol. The van der Waals surface area contributed by atoms with E-state index in [2.05, 4.69) is 28.2 Å². The third-order valence-corrected chi connectivity index (χ3v) is 3.32. The molecule has 2 aromatic rings. The van der Waals surface area contributed by atoms with Gasteiger partial charge in [-0.25, -0.2) is 4.39 Å². The number of benzene rings is 2. The van der Waals surface area contributed by atoms with E-state index in [1.165, 1.54) is 6.07 Å². The molecule has 0 atom stereocenters. The molecule has 0 aliphatic heterocycles. The highest BCUT2D eigenvalue weighted by atomic mass is 79.9. The standard InChI is InChI=1S/C16H17BrFNO/c1-2-9-19-11-12-3-8-16(15(18)10-12)20-14-6-4-13(17)5-7-14/h3-8,10,19H,2,9,11H2,1H3. The summed E-state index contributed by atoms with van der Waals surface area (Å²) >= 11 is 3.35. The van der Waals surface area contributed by atoms with Gasteiger partial charge < -0.3 is 10.1 Å². The Kier molecular flexibility index (Phi) is 5.56. The van der Waals surface area contributed by atoms with E-state index >= 15 is 0 Å². The summed E-state index contributed by atoms with van der Waals surface area (Å²) in [7, 11) is 0. The van der Waals surface area contributed by atoms with E-state index in [0.29, 0.717) is 12.3 Å². The van der Waals surface area contributed by atoms with Gasteiger partial charge in [-0.15, -0.1) is 0 Å². The first-order valence-corrected chi connectivity index (χ1v) is 7.41. The average molecular weight is 338 g/mol. The first kappa shape index (κ1) is 15.0. The Balaban J connectivity index is 2.03. The smallest absolute Gasteiger partial charge is 0.166 e. The van der Waals surface area contributed by atoms with Crippen LogP contribution in [-0.4, -0.2) is 6.54 Å². The Labute approximate surface area is 127 Å². The molecule has 0 aromatic heterocycles. The lowest BCUT2D eigenvalue weighted by atomic mass is 10.2. The van der Waals surface area contributed by atoms with Gasteiger partial charge >= 0.3 is 0 Å². The van der Waals surface area contributed by atoms with E-state index in [0.717, 1.165) is 23.0 Å². The fourth-order valence-electron chi connectivity index (χ4n) is 1.78. The summed E-state index contributed by atoms with van der Waals surface area (Å²) in [6, 6.07) is 12.4. The summed E-state index contributed by atoms with van der Waals surface area (Å²) in [5.41, 5.74) is 0.916. The minimum absolute atomic E-state index is 0.242. The molecule has 1 N–H and O–H groups in total. The van der Waals surface area contributed by atoms with Crippen LogP contribution in [-0.2, 0) is 6.54 Å². The first-order valence-electron chi connectivity index (χ1n) is 6.61. The van der Waals surface area contributed by atoms with Gasteiger partial charge in [0.05, 0.1) is 0 Å².